The van der Waals surface area contributed by atoms with Gasteiger partial charge in [-0.1, -0.05) is 12.1 Å². The van der Waals surface area contributed by atoms with E-state index in [4.69, 9.17) is 4.74 Å². The Morgan fingerprint density at radius 1 is 1.10 bits per heavy atom. The van der Waals surface area contributed by atoms with Crippen LogP contribution in [0.4, 0.5) is 0 Å². The topological polar surface area (TPSA) is 79.5 Å². The Bertz CT molecular complexity index is 432. The van der Waals surface area contributed by atoms with Crippen LogP contribution < -0.4 is 20.7 Å². The van der Waals surface area contributed by atoms with Crippen LogP contribution in [0.2, 0.25) is 0 Å². The van der Waals surface area contributed by atoms with Gasteiger partial charge < -0.3 is 20.7 Å². The number of carbonyl (C=O) groups is 2. The first-order chi connectivity index (χ1) is 9.61. The van der Waals surface area contributed by atoms with Gasteiger partial charge in [0.05, 0.1) is 0 Å². The van der Waals surface area contributed by atoms with Crippen molar-refractivity contribution in [3.63, 3.8) is 0 Å². The summed E-state index contributed by atoms with van der Waals surface area (Å²) in [5.74, 6) is 0.327. The first-order valence-electron chi connectivity index (χ1n) is 6.49. The lowest BCUT2D eigenvalue weighted by Gasteiger charge is -2.08. The normalized spacial score (nSPS) is 9.90. The first kappa shape index (κ1) is 16.0. The second kappa shape index (κ2) is 8.92. The largest absolute Gasteiger partial charge is 0.484 e. The quantitative estimate of drug-likeness (QED) is 0.587. The van der Waals surface area contributed by atoms with Crippen molar-refractivity contribution in [1.82, 2.24) is 16.0 Å². The molecule has 0 aliphatic rings. The maximum Gasteiger partial charge on any atom is 0.258 e. The number of amides is 2. The number of rotatable bonds is 8. The van der Waals surface area contributed by atoms with Gasteiger partial charge in [0.2, 0.25) is 5.91 Å². The highest BCUT2D eigenvalue weighted by atomic mass is 16.5. The predicted octanol–water partition coefficient (Wildman–Crippen LogP) is 0.0371. The third-order valence-electron chi connectivity index (χ3n) is 2.50. The summed E-state index contributed by atoms with van der Waals surface area (Å²) in [6, 6.07) is 7.55. The van der Waals surface area contributed by atoms with Crippen molar-refractivity contribution in [2.24, 2.45) is 0 Å². The van der Waals surface area contributed by atoms with Crippen LogP contribution >= 0.6 is 0 Å². The molecule has 0 bridgehead atoms. The van der Waals surface area contributed by atoms with E-state index in [0.717, 1.165) is 12.1 Å². The van der Waals surface area contributed by atoms with E-state index in [9.17, 15) is 9.59 Å². The summed E-state index contributed by atoms with van der Waals surface area (Å²) in [4.78, 5) is 22.1. The van der Waals surface area contributed by atoms with Gasteiger partial charge in [-0.3, -0.25) is 9.59 Å². The highest BCUT2D eigenvalue weighted by Gasteiger charge is 2.02. The summed E-state index contributed by atoms with van der Waals surface area (Å²) in [6.07, 6.45) is 0. The maximum absolute atomic E-state index is 11.5. The zero-order valence-corrected chi connectivity index (χ0v) is 11.9. The van der Waals surface area contributed by atoms with Crippen molar-refractivity contribution in [2.45, 2.75) is 13.5 Å². The Morgan fingerprint density at radius 3 is 2.35 bits per heavy atom. The van der Waals surface area contributed by atoms with E-state index in [-0.39, 0.29) is 18.4 Å². The molecule has 0 aliphatic heterocycles. The van der Waals surface area contributed by atoms with Gasteiger partial charge in [-0.05, 0) is 24.7 Å². The van der Waals surface area contributed by atoms with Crippen LogP contribution in [0.25, 0.3) is 0 Å². The zero-order valence-electron chi connectivity index (χ0n) is 11.9. The summed E-state index contributed by atoms with van der Waals surface area (Å²) in [6.45, 7) is 3.00. The van der Waals surface area contributed by atoms with Crippen molar-refractivity contribution >= 4 is 11.8 Å². The second-order valence-corrected chi connectivity index (χ2v) is 4.30. The molecule has 1 rings (SSSR count). The van der Waals surface area contributed by atoms with Crippen molar-refractivity contribution in [2.75, 3.05) is 26.7 Å². The van der Waals surface area contributed by atoms with Gasteiger partial charge in [0, 0.05) is 26.6 Å². The molecule has 0 heterocycles. The van der Waals surface area contributed by atoms with Crippen LogP contribution in [-0.4, -0.2) is 38.6 Å². The van der Waals surface area contributed by atoms with Gasteiger partial charge in [0.1, 0.15) is 5.75 Å². The van der Waals surface area contributed by atoms with Crippen LogP contribution in [0, 0.1) is 0 Å². The van der Waals surface area contributed by atoms with Crippen LogP contribution in [0.15, 0.2) is 24.3 Å². The van der Waals surface area contributed by atoms with Gasteiger partial charge in [-0.15, -0.1) is 0 Å². The lowest BCUT2D eigenvalue weighted by atomic mass is 10.2. The molecule has 2 amide bonds. The number of hydrogen-bond acceptors (Lipinski definition) is 4. The molecular formula is C14H21N3O3. The Balaban J connectivity index is 2.21. The van der Waals surface area contributed by atoms with Crippen molar-refractivity contribution < 1.29 is 14.3 Å². The Labute approximate surface area is 118 Å². The third-order valence-corrected chi connectivity index (χ3v) is 2.50. The monoisotopic (exact) mass is 279 g/mol. The summed E-state index contributed by atoms with van der Waals surface area (Å²) in [7, 11) is 1.88. The number of nitrogens with one attached hydrogen (secondary N) is 3. The second-order valence-electron chi connectivity index (χ2n) is 4.30. The molecule has 0 spiro atoms. The Morgan fingerprint density at radius 2 is 1.75 bits per heavy atom. The van der Waals surface area contributed by atoms with Gasteiger partial charge in [0.15, 0.2) is 6.61 Å². The lowest BCUT2D eigenvalue weighted by molar-refractivity contribution is -0.123. The van der Waals surface area contributed by atoms with E-state index >= 15 is 0 Å². The van der Waals surface area contributed by atoms with Crippen LogP contribution in [0.1, 0.15) is 12.5 Å². The summed E-state index contributed by atoms with van der Waals surface area (Å²) >= 11 is 0. The van der Waals surface area contributed by atoms with E-state index in [2.05, 4.69) is 16.0 Å². The van der Waals surface area contributed by atoms with Gasteiger partial charge in [0.25, 0.3) is 5.91 Å². The van der Waals surface area contributed by atoms with E-state index in [1.165, 1.54) is 6.92 Å². The van der Waals surface area contributed by atoms with Crippen LogP contribution in [-0.2, 0) is 16.1 Å². The average Bonchev–Trinajstić information content (AvgIpc) is 2.43. The highest BCUT2D eigenvalue weighted by molar-refractivity contribution is 5.77. The number of hydrogen-bond donors (Lipinski definition) is 3. The fourth-order valence-electron chi connectivity index (χ4n) is 1.55. The molecule has 110 valence electrons. The molecule has 0 unspecified atom stereocenters. The molecular weight excluding hydrogens is 258 g/mol. The van der Waals surface area contributed by atoms with Crippen molar-refractivity contribution in [1.29, 1.82) is 0 Å². The van der Waals surface area contributed by atoms with Crippen molar-refractivity contribution in [3.05, 3.63) is 29.8 Å². The standard InChI is InChI=1S/C14H21N3O3/c1-11(18)16-7-8-17-14(19)10-20-13-5-3-12(4-6-13)9-15-2/h3-6,15H,7-10H2,1-2H3,(H,16,18)(H,17,19). The molecule has 0 atom stereocenters. The fourth-order valence-corrected chi connectivity index (χ4v) is 1.55. The molecule has 0 saturated heterocycles. The lowest BCUT2D eigenvalue weighted by Crippen LogP contribution is -2.36. The molecule has 1 aromatic carbocycles. The number of carbonyl (C=O) groups excluding carboxylic acids is 2. The summed E-state index contributed by atoms with van der Waals surface area (Å²) < 4.78 is 5.36. The van der Waals surface area contributed by atoms with E-state index in [1.807, 2.05) is 31.3 Å². The molecule has 0 radical (unpaired) electrons. The van der Waals surface area contributed by atoms with Gasteiger partial charge >= 0.3 is 0 Å². The molecule has 0 fully saturated rings. The summed E-state index contributed by atoms with van der Waals surface area (Å²) in [5, 5.41) is 8.30. The molecule has 0 saturated carbocycles. The van der Waals surface area contributed by atoms with Gasteiger partial charge in [-0.25, -0.2) is 0 Å². The zero-order chi connectivity index (χ0) is 14.8. The molecule has 3 N–H and O–H groups in total. The molecule has 20 heavy (non-hydrogen) atoms. The first-order valence-corrected chi connectivity index (χ1v) is 6.49. The van der Waals surface area contributed by atoms with Crippen molar-refractivity contribution in [3.8, 4) is 5.75 Å². The minimum absolute atomic E-state index is 0.0363. The molecule has 0 aromatic heterocycles. The SMILES string of the molecule is CNCc1ccc(OCC(=O)NCCNC(C)=O)cc1. The Kier molecular flexibility index (Phi) is 7.13. The maximum atomic E-state index is 11.5. The van der Waals surface area contributed by atoms with E-state index in [0.29, 0.717) is 18.8 Å². The highest BCUT2D eigenvalue weighted by Crippen LogP contribution is 2.11. The van der Waals surface area contributed by atoms with Crippen LogP contribution in [0.3, 0.4) is 0 Å². The fraction of sp³-hybridized carbons (Fsp3) is 0.429. The molecule has 0 aliphatic carbocycles. The smallest absolute Gasteiger partial charge is 0.258 e. The Hall–Kier alpha value is -2.08. The average molecular weight is 279 g/mol. The van der Waals surface area contributed by atoms with Gasteiger partial charge in [-0.2, -0.15) is 0 Å². The van der Waals surface area contributed by atoms with E-state index < -0.39 is 0 Å². The minimum atomic E-state index is -0.213. The molecule has 1 aromatic rings. The number of ether oxygens (including phenoxy) is 1. The number of benzene rings is 1. The van der Waals surface area contributed by atoms with Crippen LogP contribution in [0.5, 0.6) is 5.75 Å². The summed E-state index contributed by atoms with van der Waals surface area (Å²) in [5.41, 5.74) is 1.15. The van der Waals surface area contributed by atoms with E-state index in [1.54, 1.807) is 0 Å². The predicted molar refractivity (Wildman–Crippen MR) is 76.4 cm³/mol. The molecule has 6 heteroatoms. The third kappa shape index (κ3) is 6.75. The minimum Gasteiger partial charge on any atom is -0.484 e. The molecule has 6 nitrogen and oxygen atoms in total.